The smallest absolute Gasteiger partial charge is 0.156 e. The Bertz CT molecular complexity index is 623. The van der Waals surface area contributed by atoms with Gasteiger partial charge >= 0.3 is 0 Å². The second-order valence-electron chi connectivity index (χ2n) is 4.88. The molecule has 2 aromatic rings. The van der Waals surface area contributed by atoms with E-state index in [9.17, 15) is 9.18 Å². The highest BCUT2D eigenvalue weighted by Crippen LogP contribution is 2.16. The van der Waals surface area contributed by atoms with Crippen LogP contribution in [0.2, 0.25) is 0 Å². The third kappa shape index (κ3) is 4.31. The Kier molecular flexibility index (Phi) is 4.93. The van der Waals surface area contributed by atoms with E-state index in [0.29, 0.717) is 6.42 Å². The van der Waals surface area contributed by atoms with E-state index in [2.05, 4.69) is 5.32 Å². The topological polar surface area (TPSA) is 38.3 Å². The number of nitrogens with one attached hydrogen (secondary N) is 1. The van der Waals surface area contributed by atoms with Crippen molar-refractivity contribution in [3.8, 4) is 5.75 Å². The van der Waals surface area contributed by atoms with E-state index in [-0.39, 0.29) is 18.1 Å². The van der Waals surface area contributed by atoms with Gasteiger partial charge in [0.2, 0.25) is 0 Å². The Hall–Kier alpha value is -2.36. The van der Waals surface area contributed by atoms with Crippen molar-refractivity contribution in [3.05, 3.63) is 59.4 Å². The maximum Gasteiger partial charge on any atom is 0.156 e. The first kappa shape index (κ1) is 15.0. The first-order valence-electron chi connectivity index (χ1n) is 6.73. The summed E-state index contributed by atoms with van der Waals surface area (Å²) in [6.45, 7) is 2.03. The van der Waals surface area contributed by atoms with Gasteiger partial charge in [0.25, 0.3) is 0 Å². The van der Waals surface area contributed by atoms with Crippen LogP contribution in [0.3, 0.4) is 0 Å². The zero-order valence-corrected chi connectivity index (χ0v) is 12.2. The molecule has 0 heterocycles. The molecule has 0 spiro atoms. The molecule has 0 aromatic heterocycles. The van der Waals surface area contributed by atoms with Crippen molar-refractivity contribution in [1.29, 1.82) is 0 Å². The van der Waals surface area contributed by atoms with Crippen molar-refractivity contribution in [3.63, 3.8) is 0 Å². The second kappa shape index (κ2) is 6.88. The summed E-state index contributed by atoms with van der Waals surface area (Å²) in [4.78, 5) is 12.0. The highest BCUT2D eigenvalue weighted by Gasteiger charge is 2.06. The molecule has 0 radical (unpaired) electrons. The van der Waals surface area contributed by atoms with Crippen LogP contribution in [0, 0.1) is 12.7 Å². The summed E-state index contributed by atoms with van der Waals surface area (Å²) in [6.07, 6.45) is 0.358. The summed E-state index contributed by atoms with van der Waals surface area (Å²) in [7, 11) is 1.61. The molecule has 0 aliphatic carbocycles. The van der Waals surface area contributed by atoms with Gasteiger partial charge in [-0.25, -0.2) is 4.39 Å². The van der Waals surface area contributed by atoms with Gasteiger partial charge in [-0.05, 0) is 48.4 Å². The zero-order chi connectivity index (χ0) is 15.2. The Morgan fingerprint density at radius 1 is 1.19 bits per heavy atom. The first-order valence-corrected chi connectivity index (χ1v) is 6.73. The predicted molar refractivity (Wildman–Crippen MR) is 81.3 cm³/mol. The van der Waals surface area contributed by atoms with Crippen molar-refractivity contribution in [2.45, 2.75) is 13.3 Å². The summed E-state index contributed by atoms with van der Waals surface area (Å²) in [5.41, 5.74) is 2.50. The maximum atomic E-state index is 13.0. The van der Waals surface area contributed by atoms with E-state index in [1.165, 1.54) is 12.1 Å². The largest absolute Gasteiger partial charge is 0.497 e. The quantitative estimate of drug-likeness (QED) is 0.885. The monoisotopic (exact) mass is 287 g/mol. The molecule has 2 aromatic carbocycles. The number of aryl methyl sites for hydroxylation is 1. The number of hydrogen-bond acceptors (Lipinski definition) is 3. The Labute approximate surface area is 123 Å². The molecular weight excluding hydrogens is 269 g/mol. The Morgan fingerprint density at radius 2 is 1.90 bits per heavy atom. The van der Waals surface area contributed by atoms with Crippen molar-refractivity contribution in [2.75, 3.05) is 19.0 Å². The minimum Gasteiger partial charge on any atom is -0.497 e. The lowest BCUT2D eigenvalue weighted by molar-refractivity contribution is -0.116. The SMILES string of the molecule is COc1ccc(CC(=O)CNc2ccc(F)cc2C)cc1. The van der Waals surface area contributed by atoms with Crippen LogP contribution in [0.1, 0.15) is 11.1 Å². The Morgan fingerprint density at radius 3 is 2.52 bits per heavy atom. The predicted octanol–water partition coefficient (Wildman–Crippen LogP) is 3.37. The van der Waals surface area contributed by atoms with E-state index >= 15 is 0 Å². The molecule has 0 atom stereocenters. The van der Waals surface area contributed by atoms with Gasteiger partial charge in [0.15, 0.2) is 5.78 Å². The third-order valence-corrected chi connectivity index (χ3v) is 3.22. The van der Waals surface area contributed by atoms with Gasteiger partial charge in [-0.3, -0.25) is 4.79 Å². The molecule has 1 N–H and O–H groups in total. The van der Waals surface area contributed by atoms with E-state index in [0.717, 1.165) is 22.6 Å². The molecule has 0 aliphatic heterocycles. The number of rotatable bonds is 6. The number of benzene rings is 2. The van der Waals surface area contributed by atoms with Crippen LogP contribution < -0.4 is 10.1 Å². The summed E-state index contributed by atoms with van der Waals surface area (Å²) in [6, 6.07) is 11.9. The van der Waals surface area contributed by atoms with Crippen LogP contribution in [0.15, 0.2) is 42.5 Å². The number of Topliss-reactive ketones (excluding diaryl/α,β-unsaturated/α-hetero) is 1. The molecule has 3 nitrogen and oxygen atoms in total. The fraction of sp³-hybridized carbons (Fsp3) is 0.235. The average molecular weight is 287 g/mol. The molecule has 0 aliphatic rings. The van der Waals surface area contributed by atoms with Gasteiger partial charge < -0.3 is 10.1 Å². The lowest BCUT2D eigenvalue weighted by Crippen LogP contribution is -2.16. The number of carbonyl (C=O) groups excluding carboxylic acids is 1. The molecule has 2 rings (SSSR count). The molecule has 110 valence electrons. The van der Waals surface area contributed by atoms with Gasteiger partial charge in [0.05, 0.1) is 13.7 Å². The second-order valence-corrected chi connectivity index (χ2v) is 4.88. The summed E-state index contributed by atoms with van der Waals surface area (Å²) < 4.78 is 18.1. The number of ether oxygens (including phenoxy) is 1. The van der Waals surface area contributed by atoms with Gasteiger partial charge in [-0.1, -0.05) is 12.1 Å². The molecular formula is C17H18FNO2. The normalized spacial score (nSPS) is 10.2. The average Bonchev–Trinajstić information content (AvgIpc) is 2.47. The van der Waals surface area contributed by atoms with Crippen molar-refractivity contribution in [1.82, 2.24) is 0 Å². The fourth-order valence-corrected chi connectivity index (χ4v) is 2.05. The van der Waals surface area contributed by atoms with Gasteiger partial charge in [-0.2, -0.15) is 0 Å². The molecule has 0 unspecified atom stereocenters. The van der Waals surface area contributed by atoms with E-state index in [4.69, 9.17) is 4.74 Å². The van der Waals surface area contributed by atoms with E-state index in [1.807, 2.05) is 24.3 Å². The van der Waals surface area contributed by atoms with Gasteiger partial charge in [0, 0.05) is 12.1 Å². The lowest BCUT2D eigenvalue weighted by Gasteiger charge is -2.09. The van der Waals surface area contributed by atoms with Crippen LogP contribution in [-0.4, -0.2) is 19.4 Å². The standard InChI is InChI=1S/C17H18FNO2/c1-12-9-14(18)5-8-17(12)19-11-15(20)10-13-3-6-16(21-2)7-4-13/h3-9,19H,10-11H2,1-2H3. The van der Waals surface area contributed by atoms with Gasteiger partial charge in [-0.15, -0.1) is 0 Å². The minimum absolute atomic E-state index is 0.0730. The van der Waals surface area contributed by atoms with Gasteiger partial charge in [0.1, 0.15) is 11.6 Å². The first-order chi connectivity index (χ1) is 10.1. The summed E-state index contributed by atoms with van der Waals surface area (Å²) in [5, 5.41) is 3.04. The maximum absolute atomic E-state index is 13.0. The number of halogens is 1. The molecule has 0 saturated carbocycles. The summed E-state index contributed by atoms with van der Waals surface area (Å²) in [5.74, 6) is 0.567. The Balaban J connectivity index is 1.89. The van der Waals surface area contributed by atoms with Crippen LogP contribution in [0.5, 0.6) is 5.75 Å². The number of carbonyl (C=O) groups is 1. The van der Waals surface area contributed by atoms with E-state index in [1.54, 1.807) is 20.1 Å². The number of anilines is 1. The molecule has 21 heavy (non-hydrogen) atoms. The molecule has 0 bridgehead atoms. The molecule has 0 amide bonds. The minimum atomic E-state index is -0.275. The van der Waals surface area contributed by atoms with Crippen LogP contribution in [0.4, 0.5) is 10.1 Å². The van der Waals surface area contributed by atoms with E-state index < -0.39 is 0 Å². The van der Waals surface area contributed by atoms with Crippen LogP contribution >= 0.6 is 0 Å². The number of methoxy groups -OCH3 is 1. The van der Waals surface area contributed by atoms with Crippen molar-refractivity contribution < 1.29 is 13.9 Å². The number of hydrogen-bond donors (Lipinski definition) is 1. The van der Waals surface area contributed by atoms with Crippen LogP contribution in [-0.2, 0) is 11.2 Å². The fourth-order valence-electron chi connectivity index (χ4n) is 2.05. The zero-order valence-electron chi connectivity index (χ0n) is 12.2. The van der Waals surface area contributed by atoms with Crippen molar-refractivity contribution >= 4 is 11.5 Å². The van der Waals surface area contributed by atoms with Crippen LogP contribution in [0.25, 0.3) is 0 Å². The molecule has 0 saturated heterocycles. The summed E-state index contributed by atoms with van der Waals surface area (Å²) >= 11 is 0. The highest BCUT2D eigenvalue weighted by molar-refractivity contribution is 5.85. The third-order valence-electron chi connectivity index (χ3n) is 3.22. The highest BCUT2D eigenvalue weighted by atomic mass is 19.1. The molecule has 4 heteroatoms. The lowest BCUT2D eigenvalue weighted by atomic mass is 10.1. The number of ketones is 1. The molecule has 0 fully saturated rings. The van der Waals surface area contributed by atoms with Crippen molar-refractivity contribution in [2.24, 2.45) is 0 Å².